The van der Waals surface area contributed by atoms with Gasteiger partial charge in [-0.05, 0) is 56.6 Å². The van der Waals surface area contributed by atoms with Crippen molar-refractivity contribution < 1.29 is 14.3 Å². The fraction of sp³-hybridized carbons (Fsp3) is 0.458. The van der Waals surface area contributed by atoms with Crippen LogP contribution in [0.3, 0.4) is 0 Å². The highest BCUT2D eigenvalue weighted by molar-refractivity contribution is 6.07. The highest BCUT2D eigenvalue weighted by Gasteiger charge is 2.32. The van der Waals surface area contributed by atoms with Gasteiger partial charge in [-0.1, -0.05) is 51.1 Å². The van der Waals surface area contributed by atoms with E-state index < -0.39 is 5.82 Å². The zero-order chi connectivity index (χ0) is 21.6. The zero-order valence-electron chi connectivity index (χ0n) is 18.1. The smallest absolute Gasteiger partial charge is 0.261 e. The lowest BCUT2D eigenvalue weighted by molar-refractivity contribution is 0.0984. The molecule has 0 radical (unpaired) electrons. The zero-order valence-corrected chi connectivity index (χ0v) is 18.1. The number of rotatable bonds is 5. The maximum Gasteiger partial charge on any atom is 0.261 e. The molecule has 0 bridgehead atoms. The molecule has 0 saturated carbocycles. The molecule has 1 unspecified atom stereocenters. The van der Waals surface area contributed by atoms with Crippen molar-refractivity contribution in [2.45, 2.75) is 46.5 Å². The highest BCUT2D eigenvalue weighted by atomic mass is 19.1. The number of fused-ring (bicyclic) bond motifs is 1. The Labute approximate surface area is 174 Å². The number of carbonyl (C=O) groups is 1. The van der Waals surface area contributed by atoms with Gasteiger partial charge < -0.3 is 15.3 Å². The molecule has 0 fully saturated rings. The van der Waals surface area contributed by atoms with Crippen molar-refractivity contribution in [2.24, 2.45) is 0 Å². The van der Waals surface area contributed by atoms with Crippen LogP contribution in [0.25, 0.3) is 0 Å². The average molecular weight is 403 g/mol. The number of amides is 1. The third kappa shape index (κ3) is 7.26. The Balaban J connectivity index is 0.000000397. The van der Waals surface area contributed by atoms with E-state index in [1.807, 2.05) is 18.2 Å². The minimum absolute atomic E-state index is 0.138. The van der Waals surface area contributed by atoms with Crippen LogP contribution in [-0.4, -0.2) is 37.3 Å². The molecule has 29 heavy (non-hydrogen) atoms. The minimum atomic E-state index is -0.463. The molecule has 0 aliphatic carbocycles. The van der Waals surface area contributed by atoms with Crippen LogP contribution in [0.2, 0.25) is 0 Å². The minimum Gasteiger partial charge on any atom is -0.397 e. The number of para-hydroxylation sites is 1. The first-order valence-corrected chi connectivity index (χ1v) is 10.5. The van der Waals surface area contributed by atoms with Gasteiger partial charge in [-0.2, -0.15) is 0 Å². The lowest BCUT2D eigenvalue weighted by atomic mass is 9.99. The predicted octanol–water partition coefficient (Wildman–Crippen LogP) is 4.98. The molecule has 1 aliphatic rings. The van der Waals surface area contributed by atoms with Gasteiger partial charge in [0.25, 0.3) is 5.91 Å². The summed E-state index contributed by atoms with van der Waals surface area (Å²) in [7, 11) is 0. The van der Waals surface area contributed by atoms with Crippen molar-refractivity contribution in [1.29, 1.82) is 0 Å². The molecule has 0 saturated heterocycles. The normalized spacial score (nSPS) is 14.3. The number of aliphatic hydroxyl groups is 1. The number of benzene rings is 2. The van der Waals surface area contributed by atoms with Crippen LogP contribution in [0, 0.1) is 5.82 Å². The van der Waals surface area contributed by atoms with Crippen LogP contribution < -0.4 is 10.2 Å². The number of nitrogens with one attached hydrogen (secondary N) is 1. The third-order valence-electron chi connectivity index (χ3n) is 4.59. The Kier molecular flexibility index (Phi) is 11.8. The number of hydrogen-bond acceptors (Lipinski definition) is 3. The molecular weight excluding hydrogens is 367 g/mol. The van der Waals surface area contributed by atoms with E-state index in [9.17, 15) is 9.18 Å². The molecule has 5 heteroatoms. The van der Waals surface area contributed by atoms with Gasteiger partial charge in [-0.15, -0.1) is 0 Å². The SMILES string of the molecule is CCC1CN(C(=O)c2ccccc2F)c2ccccc21.CCCNCC.CCO. The van der Waals surface area contributed by atoms with Gasteiger partial charge in [0, 0.05) is 24.8 Å². The van der Waals surface area contributed by atoms with Crippen molar-refractivity contribution in [3.8, 4) is 0 Å². The molecule has 1 aliphatic heterocycles. The summed E-state index contributed by atoms with van der Waals surface area (Å²) in [5, 5.41) is 10.8. The van der Waals surface area contributed by atoms with Crippen LogP contribution in [0.4, 0.5) is 10.1 Å². The van der Waals surface area contributed by atoms with Crippen molar-refractivity contribution in [2.75, 3.05) is 31.1 Å². The van der Waals surface area contributed by atoms with E-state index in [-0.39, 0.29) is 18.1 Å². The molecular formula is C24H35FN2O2. The second-order valence-electron chi connectivity index (χ2n) is 6.73. The van der Waals surface area contributed by atoms with Gasteiger partial charge >= 0.3 is 0 Å². The summed E-state index contributed by atoms with van der Waals surface area (Å²) in [6.45, 7) is 11.2. The summed E-state index contributed by atoms with van der Waals surface area (Å²) in [6.07, 6.45) is 2.21. The molecule has 1 atom stereocenters. The van der Waals surface area contributed by atoms with E-state index in [1.165, 1.54) is 18.1 Å². The van der Waals surface area contributed by atoms with Crippen LogP contribution in [0.5, 0.6) is 0 Å². The van der Waals surface area contributed by atoms with E-state index in [1.54, 1.807) is 30.0 Å². The molecule has 1 heterocycles. The summed E-state index contributed by atoms with van der Waals surface area (Å²) >= 11 is 0. The van der Waals surface area contributed by atoms with E-state index in [0.29, 0.717) is 12.5 Å². The van der Waals surface area contributed by atoms with Crippen LogP contribution in [0.15, 0.2) is 48.5 Å². The second-order valence-corrected chi connectivity index (χ2v) is 6.73. The number of nitrogens with zero attached hydrogens (tertiary/aromatic N) is 1. The maximum absolute atomic E-state index is 13.8. The topological polar surface area (TPSA) is 52.6 Å². The Morgan fingerprint density at radius 2 is 1.72 bits per heavy atom. The standard InChI is InChI=1S/C17H16FNO.C5H13N.C2H6O/c1-2-12-11-19(16-10-6-4-7-13(12)16)17(20)14-8-3-5-9-15(14)18;1-3-5-6-4-2;1-2-3/h3-10,12H,2,11H2,1H3;6H,3-5H2,1-2H3;3H,2H2,1H3. The molecule has 2 aromatic carbocycles. The summed E-state index contributed by atoms with van der Waals surface area (Å²) < 4.78 is 13.8. The first-order chi connectivity index (χ1) is 14.0. The van der Waals surface area contributed by atoms with Gasteiger partial charge in [-0.25, -0.2) is 4.39 Å². The van der Waals surface area contributed by atoms with Crippen LogP contribution in [0.1, 0.15) is 62.4 Å². The monoisotopic (exact) mass is 402 g/mol. The molecule has 0 aromatic heterocycles. The van der Waals surface area contributed by atoms with E-state index in [2.05, 4.69) is 32.2 Å². The number of hydrogen-bond donors (Lipinski definition) is 2. The van der Waals surface area contributed by atoms with Gasteiger partial charge in [-0.3, -0.25) is 4.79 Å². The molecule has 2 N–H and O–H groups in total. The Morgan fingerprint density at radius 3 is 2.28 bits per heavy atom. The largest absolute Gasteiger partial charge is 0.397 e. The summed E-state index contributed by atoms with van der Waals surface area (Å²) in [5.74, 6) is -0.386. The first-order valence-electron chi connectivity index (χ1n) is 10.5. The molecule has 0 spiro atoms. The van der Waals surface area contributed by atoms with Gasteiger partial charge in [0.2, 0.25) is 0 Å². The third-order valence-corrected chi connectivity index (χ3v) is 4.59. The van der Waals surface area contributed by atoms with E-state index >= 15 is 0 Å². The average Bonchev–Trinajstić information content (AvgIpc) is 3.12. The van der Waals surface area contributed by atoms with E-state index in [4.69, 9.17) is 5.11 Å². The predicted molar refractivity (Wildman–Crippen MR) is 119 cm³/mol. The second kappa shape index (κ2) is 13.9. The lowest BCUT2D eigenvalue weighted by Gasteiger charge is -2.18. The molecule has 3 rings (SSSR count). The van der Waals surface area contributed by atoms with Crippen molar-refractivity contribution in [3.63, 3.8) is 0 Å². The number of carbonyl (C=O) groups excluding carboxylic acids is 1. The van der Waals surface area contributed by atoms with Gasteiger partial charge in [0.1, 0.15) is 5.82 Å². The van der Waals surface area contributed by atoms with Gasteiger partial charge in [0.05, 0.1) is 5.56 Å². The van der Waals surface area contributed by atoms with E-state index in [0.717, 1.165) is 25.2 Å². The quantitative estimate of drug-likeness (QED) is 0.693. The lowest BCUT2D eigenvalue weighted by Crippen LogP contribution is -2.30. The summed E-state index contributed by atoms with van der Waals surface area (Å²) in [4.78, 5) is 14.3. The van der Waals surface area contributed by atoms with Crippen LogP contribution in [-0.2, 0) is 0 Å². The van der Waals surface area contributed by atoms with Crippen LogP contribution >= 0.6 is 0 Å². The Bertz CT molecular complexity index is 732. The molecule has 1 amide bonds. The first kappa shape index (κ1) is 24.8. The fourth-order valence-electron chi connectivity index (χ4n) is 3.17. The Morgan fingerprint density at radius 1 is 1.10 bits per heavy atom. The van der Waals surface area contributed by atoms with Gasteiger partial charge in [0.15, 0.2) is 0 Å². The molecule has 2 aromatic rings. The number of anilines is 1. The summed E-state index contributed by atoms with van der Waals surface area (Å²) in [6, 6.07) is 14.0. The van der Waals surface area contributed by atoms with Crippen molar-refractivity contribution in [1.82, 2.24) is 5.32 Å². The maximum atomic E-state index is 13.8. The highest BCUT2D eigenvalue weighted by Crippen LogP contribution is 2.38. The number of halogens is 1. The molecule has 4 nitrogen and oxygen atoms in total. The Hall–Kier alpha value is -2.24. The number of aliphatic hydroxyl groups excluding tert-OH is 1. The molecule has 160 valence electrons. The van der Waals surface area contributed by atoms with Crippen molar-refractivity contribution in [3.05, 3.63) is 65.5 Å². The summed E-state index contributed by atoms with van der Waals surface area (Å²) in [5.41, 5.74) is 2.23. The van der Waals surface area contributed by atoms with Crippen molar-refractivity contribution >= 4 is 11.6 Å². The fourth-order valence-corrected chi connectivity index (χ4v) is 3.17.